The largest absolute Gasteiger partial charge is 0.350 e. The van der Waals surface area contributed by atoms with Crippen LogP contribution in [0.15, 0.2) is 60.0 Å². The van der Waals surface area contributed by atoms with Gasteiger partial charge in [0, 0.05) is 12.7 Å². The van der Waals surface area contributed by atoms with Gasteiger partial charge in [-0.3, -0.25) is 14.3 Å². The summed E-state index contributed by atoms with van der Waals surface area (Å²) in [5, 5.41) is 6.76. The summed E-state index contributed by atoms with van der Waals surface area (Å²) in [6, 6.07) is 11.4. The summed E-state index contributed by atoms with van der Waals surface area (Å²) in [4.78, 5) is 29.3. The van der Waals surface area contributed by atoms with Crippen molar-refractivity contribution in [3.05, 3.63) is 82.3 Å². The molecule has 0 aliphatic heterocycles. The maximum atomic E-state index is 12.9. The van der Waals surface area contributed by atoms with Crippen LogP contribution in [0.4, 0.5) is 0 Å². The Morgan fingerprint density at radius 1 is 1.23 bits per heavy atom. The summed E-state index contributed by atoms with van der Waals surface area (Å²) in [6.07, 6.45) is 4.75. The summed E-state index contributed by atoms with van der Waals surface area (Å²) < 4.78 is 3.21. The molecule has 0 saturated carbocycles. The van der Waals surface area contributed by atoms with Crippen LogP contribution in [0.25, 0.3) is 0 Å². The van der Waals surface area contributed by atoms with Gasteiger partial charge in [-0.2, -0.15) is 5.10 Å². The second-order valence-corrected chi connectivity index (χ2v) is 6.09. The molecule has 0 spiro atoms. The molecule has 0 saturated heterocycles. The zero-order valence-electron chi connectivity index (χ0n) is 14.8. The van der Waals surface area contributed by atoms with E-state index in [0.29, 0.717) is 18.7 Å². The van der Waals surface area contributed by atoms with Crippen molar-refractivity contribution in [1.82, 2.24) is 24.6 Å². The first-order chi connectivity index (χ1) is 12.6. The van der Waals surface area contributed by atoms with Crippen molar-refractivity contribution in [1.29, 1.82) is 0 Å². The molecule has 7 nitrogen and oxygen atoms in total. The zero-order valence-corrected chi connectivity index (χ0v) is 14.8. The number of benzene rings is 1. The molecule has 2 aromatic heterocycles. The lowest BCUT2D eigenvalue weighted by atomic mass is 10.1. The summed E-state index contributed by atoms with van der Waals surface area (Å²) in [6.45, 7) is 4.57. The van der Waals surface area contributed by atoms with E-state index in [0.717, 1.165) is 5.56 Å². The Labute approximate surface area is 151 Å². The predicted octanol–water partition coefficient (Wildman–Crippen LogP) is 1.79. The molecule has 0 aliphatic carbocycles. The number of carbonyl (C=O) groups is 1. The van der Waals surface area contributed by atoms with Crippen LogP contribution in [-0.4, -0.2) is 31.8 Å². The first-order valence-corrected chi connectivity index (χ1v) is 8.45. The standard InChI is InChI=1S/C19H21N5O2/c1-14-8-10-24(15(2)16-6-4-3-5-7-16)19(26)17(14)18(25)21-9-11-23-13-20-12-22-23/h3-8,10,12-13,15H,9,11H2,1-2H3,(H,21,25). The molecule has 1 unspecified atom stereocenters. The Kier molecular flexibility index (Phi) is 5.26. The molecule has 0 radical (unpaired) electrons. The molecule has 1 amide bonds. The maximum Gasteiger partial charge on any atom is 0.264 e. The fourth-order valence-electron chi connectivity index (χ4n) is 2.83. The lowest BCUT2D eigenvalue weighted by molar-refractivity contribution is 0.0949. The average Bonchev–Trinajstić information content (AvgIpc) is 3.15. The van der Waals surface area contributed by atoms with Crippen molar-refractivity contribution in [2.45, 2.75) is 26.4 Å². The van der Waals surface area contributed by atoms with Crippen LogP contribution < -0.4 is 10.9 Å². The van der Waals surface area contributed by atoms with Gasteiger partial charge in [0.1, 0.15) is 18.2 Å². The molecule has 1 aromatic carbocycles. The van der Waals surface area contributed by atoms with E-state index in [1.807, 2.05) is 37.3 Å². The van der Waals surface area contributed by atoms with Gasteiger partial charge in [-0.15, -0.1) is 0 Å². The van der Waals surface area contributed by atoms with Gasteiger partial charge in [-0.05, 0) is 31.0 Å². The number of nitrogens with one attached hydrogen (secondary N) is 1. The first kappa shape index (κ1) is 17.6. The lowest BCUT2D eigenvalue weighted by Crippen LogP contribution is -2.36. The van der Waals surface area contributed by atoms with Crippen LogP contribution in [0.3, 0.4) is 0 Å². The second-order valence-electron chi connectivity index (χ2n) is 6.09. The van der Waals surface area contributed by atoms with Gasteiger partial charge in [0.15, 0.2) is 0 Å². The number of nitrogens with zero attached hydrogens (tertiary/aromatic N) is 4. The highest BCUT2D eigenvalue weighted by Gasteiger charge is 2.18. The number of rotatable bonds is 6. The van der Waals surface area contributed by atoms with Crippen molar-refractivity contribution in [2.75, 3.05) is 6.54 Å². The fourth-order valence-corrected chi connectivity index (χ4v) is 2.83. The summed E-state index contributed by atoms with van der Waals surface area (Å²) >= 11 is 0. The number of aryl methyl sites for hydroxylation is 1. The molecule has 0 fully saturated rings. The molecule has 7 heteroatoms. The Balaban J connectivity index is 1.80. The number of carbonyl (C=O) groups excluding carboxylic acids is 1. The third-order valence-corrected chi connectivity index (χ3v) is 4.35. The number of aromatic nitrogens is 4. The van der Waals surface area contributed by atoms with Crippen LogP contribution >= 0.6 is 0 Å². The van der Waals surface area contributed by atoms with Crippen molar-refractivity contribution >= 4 is 5.91 Å². The predicted molar refractivity (Wildman–Crippen MR) is 98.0 cm³/mol. The number of hydrogen-bond donors (Lipinski definition) is 1. The maximum absolute atomic E-state index is 12.9. The van der Waals surface area contributed by atoms with Gasteiger partial charge in [0.25, 0.3) is 11.5 Å². The minimum absolute atomic E-state index is 0.161. The van der Waals surface area contributed by atoms with Crippen LogP contribution in [-0.2, 0) is 6.54 Å². The van der Waals surface area contributed by atoms with E-state index in [2.05, 4.69) is 15.4 Å². The van der Waals surface area contributed by atoms with E-state index in [1.165, 1.54) is 6.33 Å². The molecular formula is C19H21N5O2. The Bertz CT molecular complexity index is 932. The highest BCUT2D eigenvalue weighted by Crippen LogP contribution is 2.16. The van der Waals surface area contributed by atoms with Gasteiger partial charge < -0.3 is 9.88 Å². The SMILES string of the molecule is Cc1ccn(C(C)c2ccccc2)c(=O)c1C(=O)NCCn1cncn1. The minimum atomic E-state index is -0.373. The van der Waals surface area contributed by atoms with Crippen molar-refractivity contribution in [2.24, 2.45) is 0 Å². The second kappa shape index (κ2) is 7.77. The third-order valence-electron chi connectivity index (χ3n) is 4.35. The fraction of sp³-hybridized carbons (Fsp3) is 0.263. The average molecular weight is 351 g/mol. The van der Waals surface area contributed by atoms with E-state index in [1.54, 1.807) is 34.8 Å². The molecule has 3 aromatic rings. The molecule has 1 atom stereocenters. The van der Waals surface area contributed by atoms with E-state index in [4.69, 9.17) is 0 Å². The number of pyridine rings is 1. The smallest absolute Gasteiger partial charge is 0.264 e. The van der Waals surface area contributed by atoms with Crippen LogP contribution in [0.5, 0.6) is 0 Å². The Morgan fingerprint density at radius 2 is 2.00 bits per heavy atom. The Morgan fingerprint density at radius 3 is 2.69 bits per heavy atom. The minimum Gasteiger partial charge on any atom is -0.350 e. The number of hydrogen-bond acceptors (Lipinski definition) is 4. The monoisotopic (exact) mass is 351 g/mol. The van der Waals surface area contributed by atoms with Crippen LogP contribution in [0.2, 0.25) is 0 Å². The van der Waals surface area contributed by atoms with E-state index >= 15 is 0 Å². The molecule has 0 bridgehead atoms. The van der Waals surface area contributed by atoms with E-state index in [9.17, 15) is 9.59 Å². The topological polar surface area (TPSA) is 81.8 Å². The van der Waals surface area contributed by atoms with Crippen molar-refractivity contribution in [3.63, 3.8) is 0 Å². The lowest BCUT2D eigenvalue weighted by Gasteiger charge is -2.17. The molecule has 3 rings (SSSR count). The summed E-state index contributed by atoms with van der Waals surface area (Å²) in [5.74, 6) is -0.373. The molecule has 134 valence electrons. The Hall–Kier alpha value is -3.22. The molecular weight excluding hydrogens is 330 g/mol. The molecule has 26 heavy (non-hydrogen) atoms. The van der Waals surface area contributed by atoms with Crippen LogP contribution in [0, 0.1) is 6.92 Å². The van der Waals surface area contributed by atoms with Crippen LogP contribution in [0.1, 0.15) is 34.5 Å². The van der Waals surface area contributed by atoms with E-state index in [-0.39, 0.29) is 23.1 Å². The third kappa shape index (κ3) is 3.72. The first-order valence-electron chi connectivity index (χ1n) is 8.45. The van der Waals surface area contributed by atoms with Crippen molar-refractivity contribution < 1.29 is 4.79 Å². The zero-order chi connectivity index (χ0) is 18.5. The quantitative estimate of drug-likeness (QED) is 0.734. The van der Waals surface area contributed by atoms with E-state index < -0.39 is 0 Å². The van der Waals surface area contributed by atoms with Gasteiger partial charge in [-0.25, -0.2) is 4.98 Å². The molecule has 1 N–H and O–H groups in total. The molecule has 2 heterocycles. The highest BCUT2D eigenvalue weighted by atomic mass is 16.2. The normalized spacial score (nSPS) is 11.9. The number of amides is 1. The van der Waals surface area contributed by atoms with Gasteiger partial charge >= 0.3 is 0 Å². The highest BCUT2D eigenvalue weighted by molar-refractivity contribution is 5.95. The van der Waals surface area contributed by atoms with Gasteiger partial charge in [0.2, 0.25) is 0 Å². The molecule has 0 aliphatic rings. The summed E-state index contributed by atoms with van der Waals surface area (Å²) in [7, 11) is 0. The van der Waals surface area contributed by atoms with Gasteiger partial charge in [-0.1, -0.05) is 30.3 Å². The van der Waals surface area contributed by atoms with Crippen molar-refractivity contribution in [3.8, 4) is 0 Å². The summed E-state index contributed by atoms with van der Waals surface area (Å²) in [5.41, 5.74) is 1.55. The van der Waals surface area contributed by atoms with Gasteiger partial charge in [0.05, 0.1) is 12.6 Å².